The van der Waals surface area contributed by atoms with Gasteiger partial charge in [-0.25, -0.2) is 0 Å². The molecule has 80 valence electrons. The lowest BCUT2D eigenvalue weighted by Gasteiger charge is -2.03. The van der Waals surface area contributed by atoms with Crippen LogP contribution < -0.4 is 0 Å². The second-order valence-electron chi connectivity index (χ2n) is 2.54. The number of carbonyl (C=O) groups excluding carboxylic acids is 1. The van der Waals surface area contributed by atoms with Crippen molar-refractivity contribution in [1.82, 2.24) is 0 Å². The molecule has 1 nitrogen and oxygen atoms in total. The van der Waals surface area contributed by atoms with E-state index in [1.54, 1.807) is 6.92 Å². The average Bonchev–Trinajstić information content (AvgIpc) is 2.03. The molecule has 0 rings (SSSR count). The fourth-order valence-electron chi connectivity index (χ4n) is 0.681. The van der Waals surface area contributed by atoms with E-state index >= 15 is 0 Å². The molecule has 0 aliphatic heterocycles. The van der Waals surface area contributed by atoms with Gasteiger partial charge in [0, 0.05) is 0 Å². The maximum absolute atomic E-state index is 11.8. The smallest absolute Gasteiger partial charge is 0.298 e. The predicted molar refractivity (Wildman–Crippen MR) is 51.8 cm³/mol. The minimum absolute atomic E-state index is 0.116. The molecule has 0 bridgehead atoms. The highest BCUT2D eigenvalue weighted by molar-refractivity contribution is 8.03. The van der Waals surface area contributed by atoms with Crippen LogP contribution in [0.2, 0.25) is 0 Å². The Hall–Kier alpha value is -0.710. The average molecular weight is 224 g/mol. The van der Waals surface area contributed by atoms with Crippen molar-refractivity contribution in [1.29, 1.82) is 0 Å². The molecule has 0 aromatic rings. The lowest BCUT2D eigenvalue weighted by molar-refractivity contribution is -0.105. The number of carbonyl (C=O) groups is 1. The van der Waals surface area contributed by atoms with Crippen molar-refractivity contribution >= 4 is 18.0 Å². The van der Waals surface area contributed by atoms with Crippen LogP contribution in [0.3, 0.4) is 0 Å². The van der Waals surface area contributed by atoms with Crippen molar-refractivity contribution < 1.29 is 18.0 Å². The maximum Gasteiger partial charge on any atom is 0.446 e. The summed E-state index contributed by atoms with van der Waals surface area (Å²) in [6.07, 6.45) is 3.86. The minimum Gasteiger partial charge on any atom is -0.298 e. The van der Waals surface area contributed by atoms with Gasteiger partial charge in [-0.1, -0.05) is 19.1 Å². The van der Waals surface area contributed by atoms with E-state index in [9.17, 15) is 18.0 Å². The van der Waals surface area contributed by atoms with Gasteiger partial charge >= 0.3 is 5.51 Å². The summed E-state index contributed by atoms with van der Waals surface area (Å²) in [5.74, 6) is 0. The van der Waals surface area contributed by atoms with Gasteiger partial charge in [-0.2, -0.15) is 13.2 Å². The van der Waals surface area contributed by atoms with Gasteiger partial charge in [-0.15, -0.1) is 0 Å². The van der Waals surface area contributed by atoms with E-state index in [-0.39, 0.29) is 16.7 Å². The Labute approximate surface area is 85.1 Å². The van der Waals surface area contributed by atoms with Gasteiger partial charge in [0.1, 0.15) is 6.29 Å². The van der Waals surface area contributed by atoms with Gasteiger partial charge in [-0.3, -0.25) is 4.79 Å². The van der Waals surface area contributed by atoms with Crippen molar-refractivity contribution in [3.63, 3.8) is 0 Å². The van der Waals surface area contributed by atoms with Crippen molar-refractivity contribution in [2.24, 2.45) is 0 Å². The van der Waals surface area contributed by atoms with E-state index in [1.807, 2.05) is 0 Å². The van der Waals surface area contributed by atoms with Crippen LogP contribution in [0, 0.1) is 0 Å². The first kappa shape index (κ1) is 13.3. The maximum atomic E-state index is 11.8. The molecule has 0 spiro atoms. The van der Waals surface area contributed by atoms with Gasteiger partial charge in [0.15, 0.2) is 0 Å². The standard InChI is InChI=1S/C9H11F3OS/c1-3-8(6-13)5-4-7(2)14-9(10,11)12/h4-6H,3H2,1-2H3/b7-4+,8-5+. The second-order valence-corrected chi connectivity index (χ2v) is 3.85. The van der Waals surface area contributed by atoms with Crippen LogP contribution in [-0.4, -0.2) is 11.8 Å². The van der Waals surface area contributed by atoms with Crippen LogP contribution in [0.4, 0.5) is 13.2 Å². The number of alkyl halides is 3. The number of thioether (sulfide) groups is 1. The molecule has 0 unspecified atom stereocenters. The zero-order valence-electron chi connectivity index (χ0n) is 7.89. The monoisotopic (exact) mass is 224 g/mol. The Kier molecular flexibility index (Phi) is 5.60. The number of halogens is 3. The van der Waals surface area contributed by atoms with Crippen LogP contribution in [0.25, 0.3) is 0 Å². The number of aldehydes is 1. The van der Waals surface area contributed by atoms with Crippen molar-refractivity contribution in [2.75, 3.05) is 0 Å². The third-order valence-electron chi connectivity index (χ3n) is 1.37. The first-order chi connectivity index (χ1) is 6.39. The van der Waals surface area contributed by atoms with E-state index in [2.05, 4.69) is 0 Å². The summed E-state index contributed by atoms with van der Waals surface area (Å²) in [5.41, 5.74) is -3.78. The summed E-state index contributed by atoms with van der Waals surface area (Å²) in [6, 6.07) is 0. The molecular weight excluding hydrogens is 213 g/mol. The third kappa shape index (κ3) is 6.77. The Morgan fingerprint density at radius 3 is 2.29 bits per heavy atom. The summed E-state index contributed by atoms with van der Waals surface area (Å²) in [7, 11) is 0. The van der Waals surface area contributed by atoms with Gasteiger partial charge < -0.3 is 0 Å². The minimum atomic E-state index is -4.26. The van der Waals surface area contributed by atoms with E-state index < -0.39 is 5.51 Å². The summed E-state index contributed by atoms with van der Waals surface area (Å²) in [5, 5.41) is 0. The van der Waals surface area contributed by atoms with Crippen molar-refractivity contribution in [2.45, 2.75) is 25.8 Å². The predicted octanol–water partition coefficient (Wildman–Crippen LogP) is 3.68. The van der Waals surface area contributed by atoms with Crippen molar-refractivity contribution in [3.05, 3.63) is 22.6 Å². The fourth-order valence-corrected chi connectivity index (χ4v) is 1.18. The Balaban J connectivity index is 4.38. The zero-order chi connectivity index (χ0) is 11.2. The highest BCUT2D eigenvalue weighted by Crippen LogP contribution is 2.35. The molecule has 14 heavy (non-hydrogen) atoms. The molecule has 0 aromatic heterocycles. The number of hydrogen-bond acceptors (Lipinski definition) is 2. The van der Waals surface area contributed by atoms with Crippen LogP contribution in [-0.2, 0) is 4.79 Å². The van der Waals surface area contributed by atoms with Gasteiger partial charge in [-0.05, 0) is 35.6 Å². The summed E-state index contributed by atoms with van der Waals surface area (Å²) < 4.78 is 35.5. The first-order valence-corrected chi connectivity index (χ1v) is 4.79. The van der Waals surface area contributed by atoms with E-state index in [1.165, 1.54) is 19.1 Å². The van der Waals surface area contributed by atoms with Crippen LogP contribution >= 0.6 is 11.8 Å². The zero-order valence-corrected chi connectivity index (χ0v) is 8.71. The number of rotatable bonds is 4. The van der Waals surface area contributed by atoms with Crippen LogP contribution in [0.5, 0.6) is 0 Å². The van der Waals surface area contributed by atoms with Crippen LogP contribution in [0.1, 0.15) is 20.3 Å². The number of hydrogen-bond donors (Lipinski definition) is 0. The molecule has 0 aromatic carbocycles. The molecule has 5 heteroatoms. The van der Waals surface area contributed by atoms with Crippen molar-refractivity contribution in [3.8, 4) is 0 Å². The fraction of sp³-hybridized carbons (Fsp3) is 0.444. The topological polar surface area (TPSA) is 17.1 Å². The van der Waals surface area contributed by atoms with Gasteiger partial charge in [0.2, 0.25) is 0 Å². The molecule has 0 atom stereocenters. The van der Waals surface area contributed by atoms with E-state index in [0.29, 0.717) is 18.3 Å². The quantitative estimate of drug-likeness (QED) is 0.411. The molecule has 0 saturated carbocycles. The van der Waals surface area contributed by atoms with Crippen LogP contribution in [0.15, 0.2) is 22.6 Å². The van der Waals surface area contributed by atoms with E-state index in [4.69, 9.17) is 0 Å². The highest BCUT2D eigenvalue weighted by Gasteiger charge is 2.28. The lowest BCUT2D eigenvalue weighted by atomic mass is 10.2. The molecule has 0 fully saturated rings. The Morgan fingerprint density at radius 1 is 1.36 bits per heavy atom. The second kappa shape index (κ2) is 5.90. The molecule has 0 saturated heterocycles. The number of allylic oxidation sites excluding steroid dienone is 4. The summed E-state index contributed by atoms with van der Waals surface area (Å²) >= 11 is -0.180. The van der Waals surface area contributed by atoms with Gasteiger partial charge in [0.05, 0.1) is 0 Å². The molecular formula is C9H11F3OS. The first-order valence-electron chi connectivity index (χ1n) is 3.97. The Bertz CT molecular complexity index is 253. The molecule has 0 amide bonds. The highest BCUT2D eigenvalue weighted by atomic mass is 32.2. The van der Waals surface area contributed by atoms with E-state index in [0.717, 1.165) is 0 Å². The largest absolute Gasteiger partial charge is 0.446 e. The summed E-state index contributed by atoms with van der Waals surface area (Å²) in [6.45, 7) is 3.12. The molecule has 0 radical (unpaired) electrons. The van der Waals surface area contributed by atoms with Gasteiger partial charge in [0.25, 0.3) is 0 Å². The summed E-state index contributed by atoms with van der Waals surface area (Å²) in [4.78, 5) is 10.4. The molecule has 0 aliphatic rings. The molecule has 0 aliphatic carbocycles. The molecule has 0 heterocycles. The molecule has 0 N–H and O–H groups in total. The SMILES string of the molecule is CC/C(C=O)=C\C=C(/C)SC(F)(F)F. The third-order valence-corrected chi connectivity index (χ3v) is 2.06. The lowest BCUT2D eigenvalue weighted by Crippen LogP contribution is -1.98. The Morgan fingerprint density at radius 2 is 1.93 bits per heavy atom. The normalized spacial score (nSPS) is 14.4.